The first-order valence-corrected chi connectivity index (χ1v) is 11.7. The molecule has 35 heavy (non-hydrogen) atoms. The second kappa shape index (κ2) is 10.4. The third-order valence-electron chi connectivity index (χ3n) is 5.98. The molecule has 4 unspecified atom stereocenters. The van der Waals surface area contributed by atoms with Gasteiger partial charge in [-0.3, -0.25) is 9.59 Å². The van der Waals surface area contributed by atoms with Crippen molar-refractivity contribution < 1.29 is 33.4 Å². The van der Waals surface area contributed by atoms with Crippen molar-refractivity contribution in [2.45, 2.75) is 58.2 Å². The van der Waals surface area contributed by atoms with E-state index >= 15 is 0 Å². The third-order valence-corrected chi connectivity index (χ3v) is 5.98. The van der Waals surface area contributed by atoms with Crippen LogP contribution in [0.25, 0.3) is 0 Å². The first kappa shape index (κ1) is 26.1. The summed E-state index contributed by atoms with van der Waals surface area (Å²) < 4.78 is 15.9. The molecule has 2 fully saturated rings. The lowest BCUT2D eigenvalue weighted by Crippen LogP contribution is -2.59. The maximum Gasteiger partial charge on any atom is 0.408 e. The highest BCUT2D eigenvalue weighted by Crippen LogP contribution is 2.63. The summed E-state index contributed by atoms with van der Waals surface area (Å²) in [4.78, 5) is 51.2. The minimum Gasteiger partial charge on any atom is -0.466 e. The van der Waals surface area contributed by atoms with Crippen LogP contribution in [0.1, 0.15) is 46.6 Å². The molecule has 0 heterocycles. The fourth-order valence-electron chi connectivity index (χ4n) is 4.78. The summed E-state index contributed by atoms with van der Waals surface area (Å²) in [6.07, 6.45) is -0.774. The molecule has 2 aliphatic carbocycles. The Kier molecular flexibility index (Phi) is 7.73. The number of rotatable bonds is 6. The van der Waals surface area contributed by atoms with Crippen molar-refractivity contribution in [2.24, 2.45) is 17.8 Å². The Balaban J connectivity index is 1.88. The molecule has 188 valence electrons. The zero-order valence-corrected chi connectivity index (χ0v) is 20.7. The maximum absolute atomic E-state index is 13.2. The highest BCUT2D eigenvalue weighted by molar-refractivity contribution is 5.95. The second-order valence-corrected chi connectivity index (χ2v) is 9.60. The molecule has 9 heteroatoms. The molecule has 0 bridgehead atoms. The van der Waals surface area contributed by atoms with E-state index in [1.807, 2.05) is 18.2 Å². The molecule has 0 saturated heterocycles. The largest absolute Gasteiger partial charge is 0.466 e. The van der Waals surface area contributed by atoms with Crippen LogP contribution in [0.15, 0.2) is 30.3 Å². The molecule has 2 amide bonds. The summed E-state index contributed by atoms with van der Waals surface area (Å²) in [5.74, 6) is 1.89. The molecule has 2 N–H and O–H groups in total. The van der Waals surface area contributed by atoms with E-state index in [0.29, 0.717) is 5.56 Å². The second-order valence-electron chi connectivity index (χ2n) is 9.60. The van der Waals surface area contributed by atoms with E-state index in [9.17, 15) is 19.2 Å². The van der Waals surface area contributed by atoms with Crippen LogP contribution in [0.3, 0.4) is 0 Å². The van der Waals surface area contributed by atoms with E-state index in [1.165, 1.54) is 0 Å². The normalized spacial score (nSPS) is 26.3. The number of nitrogens with one attached hydrogen (secondary N) is 2. The SMILES string of the molecule is CCOC(=O)[C@H]1C2C(NC(=O)C#Cc3ccccc3)CC(NC(=O)OC(C)(C)C)(C(=O)OCC)C21. The lowest BCUT2D eigenvalue weighted by Gasteiger charge is -2.33. The van der Waals surface area contributed by atoms with Crippen molar-refractivity contribution in [1.82, 2.24) is 10.6 Å². The van der Waals surface area contributed by atoms with Crippen LogP contribution in [0.4, 0.5) is 4.79 Å². The van der Waals surface area contributed by atoms with Gasteiger partial charge in [-0.1, -0.05) is 24.1 Å². The summed E-state index contributed by atoms with van der Waals surface area (Å²) in [6, 6.07) is 8.42. The lowest BCUT2D eigenvalue weighted by atomic mass is 9.88. The van der Waals surface area contributed by atoms with Crippen LogP contribution >= 0.6 is 0 Å². The van der Waals surface area contributed by atoms with Crippen molar-refractivity contribution in [1.29, 1.82) is 0 Å². The average molecular weight is 485 g/mol. The number of hydrogen-bond acceptors (Lipinski definition) is 7. The molecular weight excluding hydrogens is 452 g/mol. The number of carbonyl (C=O) groups is 4. The highest BCUT2D eigenvalue weighted by atomic mass is 16.6. The predicted octanol–water partition coefficient (Wildman–Crippen LogP) is 2.18. The number of fused-ring (bicyclic) bond motifs is 1. The van der Waals surface area contributed by atoms with E-state index in [2.05, 4.69) is 22.5 Å². The van der Waals surface area contributed by atoms with Gasteiger partial charge in [0.1, 0.15) is 11.1 Å². The van der Waals surface area contributed by atoms with Gasteiger partial charge in [0.25, 0.3) is 5.91 Å². The van der Waals surface area contributed by atoms with E-state index < -0.39 is 58.9 Å². The van der Waals surface area contributed by atoms with Gasteiger partial charge in [0.2, 0.25) is 0 Å². The van der Waals surface area contributed by atoms with Crippen LogP contribution in [-0.2, 0) is 28.6 Å². The average Bonchev–Trinajstić information content (AvgIpc) is 3.45. The number of esters is 2. The Bertz CT molecular complexity index is 1040. The number of amides is 2. The van der Waals surface area contributed by atoms with Gasteiger partial charge in [0, 0.05) is 29.9 Å². The van der Waals surface area contributed by atoms with Crippen molar-refractivity contribution in [2.75, 3.05) is 13.2 Å². The molecule has 2 saturated carbocycles. The van der Waals surface area contributed by atoms with Crippen LogP contribution in [0, 0.1) is 29.6 Å². The summed E-state index contributed by atoms with van der Waals surface area (Å²) in [5, 5.41) is 5.50. The van der Waals surface area contributed by atoms with Crippen LogP contribution in [0.5, 0.6) is 0 Å². The Labute approximate surface area is 205 Å². The van der Waals surface area contributed by atoms with Gasteiger partial charge in [-0.15, -0.1) is 0 Å². The fourth-order valence-corrected chi connectivity index (χ4v) is 4.78. The zero-order chi connectivity index (χ0) is 25.8. The van der Waals surface area contributed by atoms with Gasteiger partial charge in [-0.2, -0.15) is 0 Å². The molecule has 0 spiro atoms. The lowest BCUT2D eigenvalue weighted by molar-refractivity contribution is -0.153. The number of alkyl carbamates (subject to hydrolysis) is 1. The first-order valence-electron chi connectivity index (χ1n) is 11.7. The van der Waals surface area contributed by atoms with Crippen molar-refractivity contribution in [3.63, 3.8) is 0 Å². The van der Waals surface area contributed by atoms with Crippen LogP contribution in [-0.4, -0.2) is 54.3 Å². The molecule has 2 aliphatic rings. The number of hydrogen-bond donors (Lipinski definition) is 2. The van der Waals surface area contributed by atoms with Gasteiger partial charge >= 0.3 is 18.0 Å². The Morgan fingerprint density at radius 3 is 2.31 bits per heavy atom. The predicted molar refractivity (Wildman–Crippen MR) is 126 cm³/mol. The summed E-state index contributed by atoms with van der Waals surface area (Å²) in [5.41, 5.74) is -1.68. The van der Waals surface area contributed by atoms with E-state index in [0.717, 1.165) is 0 Å². The molecule has 1 aromatic carbocycles. The zero-order valence-electron chi connectivity index (χ0n) is 20.7. The highest BCUT2D eigenvalue weighted by Gasteiger charge is 2.76. The topological polar surface area (TPSA) is 120 Å². The maximum atomic E-state index is 13.2. The van der Waals surface area contributed by atoms with Crippen molar-refractivity contribution >= 4 is 23.9 Å². The molecular formula is C26H32N2O7. The molecule has 0 aromatic heterocycles. The van der Waals surface area contributed by atoms with Gasteiger partial charge < -0.3 is 24.8 Å². The number of ether oxygens (including phenoxy) is 3. The molecule has 9 nitrogen and oxygen atoms in total. The van der Waals surface area contributed by atoms with Gasteiger partial charge in [0.05, 0.1) is 19.1 Å². The summed E-state index contributed by atoms with van der Waals surface area (Å²) >= 11 is 0. The molecule has 0 radical (unpaired) electrons. The van der Waals surface area contributed by atoms with Gasteiger partial charge in [-0.05, 0) is 52.7 Å². The minimum atomic E-state index is -1.55. The smallest absolute Gasteiger partial charge is 0.408 e. The van der Waals surface area contributed by atoms with E-state index in [-0.39, 0.29) is 19.6 Å². The van der Waals surface area contributed by atoms with Crippen LogP contribution < -0.4 is 10.6 Å². The molecule has 3 rings (SSSR count). The third kappa shape index (κ3) is 5.94. The standard InChI is InChI=1S/C26H32N2O7/c1-6-33-22(30)20-19-17(27-18(29)14-13-16-11-9-8-10-12-16)15-26(21(19)20,23(31)34-7-2)28-24(32)35-25(3,4)5/h8-12,17,19-21H,6-7,15H2,1-5H3,(H,27,29)(H,28,32)/t17?,19?,20-,21?,26?/m0/s1. The Morgan fingerprint density at radius 2 is 1.71 bits per heavy atom. The number of benzene rings is 1. The monoisotopic (exact) mass is 484 g/mol. The Hall–Kier alpha value is -3.54. The van der Waals surface area contributed by atoms with E-state index in [1.54, 1.807) is 46.8 Å². The quantitative estimate of drug-likeness (QED) is 0.361. The van der Waals surface area contributed by atoms with Crippen LogP contribution in [0.2, 0.25) is 0 Å². The Morgan fingerprint density at radius 1 is 1.06 bits per heavy atom. The molecule has 0 aliphatic heterocycles. The van der Waals surface area contributed by atoms with Gasteiger partial charge in [0.15, 0.2) is 0 Å². The van der Waals surface area contributed by atoms with Crippen molar-refractivity contribution in [3.05, 3.63) is 35.9 Å². The molecule has 5 atom stereocenters. The van der Waals surface area contributed by atoms with E-state index in [4.69, 9.17) is 14.2 Å². The fraction of sp³-hybridized carbons (Fsp3) is 0.538. The van der Waals surface area contributed by atoms with Crippen molar-refractivity contribution in [3.8, 4) is 11.8 Å². The number of carbonyl (C=O) groups excluding carboxylic acids is 4. The summed E-state index contributed by atoms with van der Waals surface area (Å²) in [7, 11) is 0. The minimum absolute atomic E-state index is 0.0368. The molecule has 1 aromatic rings. The first-order chi connectivity index (χ1) is 16.5. The summed E-state index contributed by atoms with van der Waals surface area (Å²) in [6.45, 7) is 8.69. The van der Waals surface area contributed by atoms with Gasteiger partial charge in [-0.25, -0.2) is 9.59 Å².